The second kappa shape index (κ2) is 8.05. The molecule has 1 heterocycles. The van der Waals surface area contributed by atoms with Gasteiger partial charge in [0.2, 0.25) is 0 Å². The second-order valence-electron chi connectivity index (χ2n) is 6.21. The number of hydrogen-bond donors (Lipinski definition) is 2. The van der Waals surface area contributed by atoms with Crippen molar-refractivity contribution in [2.45, 2.75) is 33.0 Å². The molecule has 0 bridgehead atoms. The fraction of sp³-hybridized carbons (Fsp3) is 0.238. The number of carbonyl (C=O) groups is 1. The number of fused-ring (bicyclic) bond motifs is 1. The summed E-state index contributed by atoms with van der Waals surface area (Å²) in [6.07, 6.45) is -0.0464. The summed E-state index contributed by atoms with van der Waals surface area (Å²) in [7, 11) is 0. The first-order valence-electron chi connectivity index (χ1n) is 8.74. The highest BCUT2D eigenvalue weighted by molar-refractivity contribution is 5.94. The second-order valence-corrected chi connectivity index (χ2v) is 6.21. The zero-order chi connectivity index (χ0) is 19.4. The van der Waals surface area contributed by atoms with Crippen LogP contribution < -0.4 is 15.7 Å². The van der Waals surface area contributed by atoms with Crippen LogP contribution >= 0.6 is 0 Å². The average molecular weight is 367 g/mol. The van der Waals surface area contributed by atoms with Crippen LogP contribution in [-0.4, -0.2) is 17.1 Å². The van der Waals surface area contributed by atoms with E-state index in [0.717, 1.165) is 10.9 Å². The van der Waals surface area contributed by atoms with Gasteiger partial charge in [0, 0.05) is 23.2 Å². The minimum atomic E-state index is -0.763. The lowest BCUT2D eigenvalue weighted by Crippen LogP contribution is -2.30. The van der Waals surface area contributed by atoms with Crippen LogP contribution in [0, 0.1) is 0 Å². The van der Waals surface area contributed by atoms with E-state index >= 15 is 0 Å². The van der Waals surface area contributed by atoms with Gasteiger partial charge in [-0.2, -0.15) is 0 Å². The normalized spacial score (nSPS) is 12.0. The summed E-state index contributed by atoms with van der Waals surface area (Å²) in [6, 6.07) is 13.6. The van der Waals surface area contributed by atoms with Crippen LogP contribution in [0.15, 0.2) is 57.7 Å². The highest BCUT2D eigenvalue weighted by Crippen LogP contribution is 2.24. The largest absolute Gasteiger partial charge is 0.481 e. The Bertz CT molecular complexity index is 1020. The lowest BCUT2D eigenvalue weighted by Gasteiger charge is -2.15. The van der Waals surface area contributed by atoms with Crippen molar-refractivity contribution in [3.05, 3.63) is 70.1 Å². The predicted octanol–water partition coefficient (Wildman–Crippen LogP) is 3.25. The highest BCUT2D eigenvalue weighted by atomic mass is 16.5. The molecule has 2 aromatic carbocycles. The maximum atomic E-state index is 12.4. The van der Waals surface area contributed by atoms with Gasteiger partial charge in [0.15, 0.2) is 6.10 Å². The van der Waals surface area contributed by atoms with Crippen LogP contribution in [0.3, 0.4) is 0 Å². The number of benzene rings is 2. The van der Waals surface area contributed by atoms with Crippen LogP contribution in [0.25, 0.3) is 11.0 Å². The summed E-state index contributed by atoms with van der Waals surface area (Å²) in [5, 5.41) is 12.8. The smallest absolute Gasteiger partial charge is 0.336 e. The summed E-state index contributed by atoms with van der Waals surface area (Å²) in [4.78, 5) is 24.0. The van der Waals surface area contributed by atoms with Gasteiger partial charge in [-0.3, -0.25) is 4.79 Å². The van der Waals surface area contributed by atoms with E-state index in [4.69, 9.17) is 9.15 Å². The summed E-state index contributed by atoms with van der Waals surface area (Å²) in [5.41, 5.74) is 2.21. The van der Waals surface area contributed by atoms with Crippen molar-refractivity contribution >= 4 is 22.6 Å². The lowest BCUT2D eigenvalue weighted by molar-refractivity contribution is -0.122. The van der Waals surface area contributed by atoms with Gasteiger partial charge in [-0.15, -0.1) is 0 Å². The molecule has 27 heavy (non-hydrogen) atoms. The van der Waals surface area contributed by atoms with Crippen molar-refractivity contribution in [2.24, 2.45) is 0 Å². The van der Waals surface area contributed by atoms with Crippen molar-refractivity contribution in [3.8, 4) is 5.75 Å². The number of ether oxygens (including phenoxy) is 1. The molecule has 3 rings (SSSR count). The Balaban J connectivity index is 1.75. The van der Waals surface area contributed by atoms with E-state index in [1.807, 2.05) is 13.0 Å². The van der Waals surface area contributed by atoms with Crippen LogP contribution in [0.5, 0.6) is 5.75 Å². The van der Waals surface area contributed by atoms with Crippen molar-refractivity contribution in [3.63, 3.8) is 0 Å². The Morgan fingerprint density at radius 3 is 2.78 bits per heavy atom. The van der Waals surface area contributed by atoms with E-state index in [9.17, 15) is 14.7 Å². The summed E-state index contributed by atoms with van der Waals surface area (Å²) in [5.74, 6) is 0.111. The molecule has 0 aliphatic rings. The molecule has 0 fully saturated rings. The number of anilines is 1. The predicted molar refractivity (Wildman–Crippen MR) is 103 cm³/mol. The number of nitrogens with one attached hydrogen (secondary N) is 1. The molecule has 1 atom stereocenters. The third-order valence-electron chi connectivity index (χ3n) is 4.24. The van der Waals surface area contributed by atoms with Gasteiger partial charge in [0.25, 0.3) is 5.91 Å². The Labute approximate surface area is 156 Å². The maximum absolute atomic E-state index is 12.4. The molecule has 0 aliphatic heterocycles. The van der Waals surface area contributed by atoms with Crippen LogP contribution in [-0.2, 0) is 17.8 Å². The minimum absolute atomic E-state index is 0.0994. The fourth-order valence-corrected chi connectivity index (χ4v) is 2.83. The standard InChI is InChI=1S/C21H21NO5/c1-3-15-10-20(24)27-19-11-17(7-8-18(15)19)26-13(2)21(25)22-16-6-4-5-14(9-16)12-23/h4-11,13,23H,3,12H2,1-2H3,(H,22,25). The Morgan fingerprint density at radius 1 is 1.22 bits per heavy atom. The van der Waals surface area contributed by atoms with Gasteiger partial charge in [-0.05, 0) is 48.7 Å². The number of carbonyl (C=O) groups excluding carboxylic acids is 1. The van der Waals surface area contributed by atoms with Crippen LogP contribution in [0.4, 0.5) is 5.69 Å². The zero-order valence-corrected chi connectivity index (χ0v) is 15.2. The fourth-order valence-electron chi connectivity index (χ4n) is 2.83. The van der Waals surface area contributed by atoms with Gasteiger partial charge in [0.05, 0.1) is 6.61 Å². The first kappa shape index (κ1) is 18.7. The number of amides is 1. The summed E-state index contributed by atoms with van der Waals surface area (Å²) in [6.45, 7) is 3.50. The molecular formula is C21H21NO5. The molecule has 1 aromatic heterocycles. The Kier molecular flexibility index (Phi) is 5.57. The van der Waals surface area contributed by atoms with Crippen molar-refractivity contribution < 1.29 is 19.1 Å². The molecule has 1 amide bonds. The van der Waals surface area contributed by atoms with Gasteiger partial charge in [0.1, 0.15) is 11.3 Å². The van der Waals surface area contributed by atoms with Gasteiger partial charge >= 0.3 is 5.63 Å². The van der Waals surface area contributed by atoms with E-state index < -0.39 is 11.7 Å². The van der Waals surface area contributed by atoms with Crippen LogP contribution in [0.2, 0.25) is 0 Å². The van der Waals surface area contributed by atoms with E-state index in [-0.39, 0.29) is 12.5 Å². The van der Waals surface area contributed by atoms with Crippen molar-refractivity contribution in [1.29, 1.82) is 0 Å². The third-order valence-corrected chi connectivity index (χ3v) is 4.24. The molecule has 6 heteroatoms. The van der Waals surface area contributed by atoms with Gasteiger partial charge in [-0.25, -0.2) is 4.79 Å². The Morgan fingerprint density at radius 2 is 2.04 bits per heavy atom. The molecule has 1 unspecified atom stereocenters. The number of aliphatic hydroxyl groups is 1. The molecule has 3 aromatic rings. The molecule has 140 valence electrons. The Hall–Kier alpha value is -3.12. The van der Waals surface area contributed by atoms with E-state index in [1.54, 1.807) is 43.3 Å². The lowest BCUT2D eigenvalue weighted by atomic mass is 10.1. The van der Waals surface area contributed by atoms with Gasteiger partial charge in [-0.1, -0.05) is 19.1 Å². The topological polar surface area (TPSA) is 88.8 Å². The van der Waals surface area contributed by atoms with Crippen molar-refractivity contribution in [2.75, 3.05) is 5.32 Å². The molecule has 0 spiro atoms. The summed E-state index contributed by atoms with van der Waals surface area (Å²) >= 11 is 0. The molecular weight excluding hydrogens is 346 g/mol. The molecule has 2 N–H and O–H groups in total. The molecule has 0 saturated heterocycles. The number of hydrogen-bond acceptors (Lipinski definition) is 5. The van der Waals surface area contributed by atoms with Crippen molar-refractivity contribution in [1.82, 2.24) is 0 Å². The number of aryl methyl sites for hydroxylation is 1. The third kappa shape index (κ3) is 4.35. The first-order chi connectivity index (χ1) is 13.0. The molecule has 6 nitrogen and oxygen atoms in total. The van der Waals surface area contributed by atoms with E-state index in [2.05, 4.69) is 5.32 Å². The molecule has 0 radical (unpaired) electrons. The van der Waals surface area contributed by atoms with E-state index in [0.29, 0.717) is 29.0 Å². The molecule has 0 aliphatic carbocycles. The van der Waals surface area contributed by atoms with E-state index in [1.165, 1.54) is 6.07 Å². The van der Waals surface area contributed by atoms with Crippen LogP contribution in [0.1, 0.15) is 25.0 Å². The first-order valence-corrected chi connectivity index (χ1v) is 8.74. The minimum Gasteiger partial charge on any atom is -0.481 e. The van der Waals surface area contributed by atoms with Gasteiger partial charge < -0.3 is 19.6 Å². The molecule has 0 saturated carbocycles. The quantitative estimate of drug-likeness (QED) is 0.653. The number of aliphatic hydroxyl groups excluding tert-OH is 1. The average Bonchev–Trinajstić information content (AvgIpc) is 2.67. The zero-order valence-electron chi connectivity index (χ0n) is 15.2. The maximum Gasteiger partial charge on any atom is 0.336 e. The highest BCUT2D eigenvalue weighted by Gasteiger charge is 2.16. The number of rotatable bonds is 6. The summed E-state index contributed by atoms with van der Waals surface area (Å²) < 4.78 is 11.0. The monoisotopic (exact) mass is 367 g/mol. The SMILES string of the molecule is CCc1cc(=O)oc2cc(OC(C)C(=O)Nc3cccc(CO)c3)ccc12.